The average molecular weight is 355 g/mol. The van der Waals surface area contributed by atoms with Crippen LogP contribution in [0.2, 0.25) is 0 Å². The normalized spacial score (nSPS) is 12.1. The average Bonchev–Trinajstić information content (AvgIpc) is 3.15. The van der Waals surface area contributed by atoms with E-state index < -0.39 is 0 Å². The summed E-state index contributed by atoms with van der Waals surface area (Å²) >= 11 is 0. The first-order valence-corrected chi connectivity index (χ1v) is 8.42. The van der Waals surface area contributed by atoms with Crippen molar-refractivity contribution in [2.45, 2.75) is 26.0 Å². The van der Waals surface area contributed by atoms with Crippen LogP contribution in [0.4, 0.5) is 0 Å². The molecule has 3 aromatic rings. The van der Waals surface area contributed by atoms with Gasteiger partial charge in [-0.05, 0) is 18.6 Å². The van der Waals surface area contributed by atoms with E-state index in [9.17, 15) is 4.79 Å². The number of nitrogens with one attached hydrogen (secondary N) is 1. The van der Waals surface area contributed by atoms with E-state index in [0.717, 1.165) is 22.9 Å². The Morgan fingerprint density at radius 1 is 1.35 bits per heavy atom. The van der Waals surface area contributed by atoms with E-state index in [1.54, 1.807) is 25.6 Å². The topological polar surface area (TPSA) is 86.5 Å². The molecular formula is C19H21N3O4. The number of rotatable bonds is 8. The van der Waals surface area contributed by atoms with Gasteiger partial charge in [-0.1, -0.05) is 24.2 Å². The van der Waals surface area contributed by atoms with Gasteiger partial charge in [0.2, 0.25) is 0 Å². The van der Waals surface area contributed by atoms with Gasteiger partial charge in [-0.3, -0.25) is 9.78 Å². The molecule has 0 saturated carbocycles. The molecule has 0 fully saturated rings. The van der Waals surface area contributed by atoms with E-state index in [-0.39, 0.29) is 24.2 Å². The number of aromatic nitrogens is 2. The zero-order valence-corrected chi connectivity index (χ0v) is 14.8. The Morgan fingerprint density at radius 2 is 2.23 bits per heavy atom. The molecule has 1 aromatic carbocycles. The van der Waals surface area contributed by atoms with Gasteiger partial charge < -0.3 is 19.3 Å². The fourth-order valence-electron chi connectivity index (χ4n) is 2.58. The lowest BCUT2D eigenvalue weighted by molar-refractivity contribution is 0.0885. The van der Waals surface area contributed by atoms with Crippen LogP contribution in [-0.4, -0.2) is 35.8 Å². The summed E-state index contributed by atoms with van der Waals surface area (Å²) in [6, 6.07) is 9.16. The Morgan fingerprint density at radius 3 is 3.04 bits per heavy atom. The highest BCUT2D eigenvalue weighted by atomic mass is 16.5. The second-order valence-corrected chi connectivity index (χ2v) is 5.85. The first-order chi connectivity index (χ1) is 12.7. The van der Waals surface area contributed by atoms with Crippen molar-refractivity contribution in [3.05, 3.63) is 54.2 Å². The molecule has 0 saturated heterocycles. The number of hydrogen-bond acceptors (Lipinski definition) is 6. The van der Waals surface area contributed by atoms with Gasteiger partial charge in [0, 0.05) is 36.3 Å². The van der Waals surface area contributed by atoms with Crippen LogP contribution in [0, 0.1) is 0 Å². The van der Waals surface area contributed by atoms with Crippen molar-refractivity contribution in [3.8, 4) is 5.75 Å². The van der Waals surface area contributed by atoms with Crippen LogP contribution in [0.25, 0.3) is 10.8 Å². The Bertz CT molecular complexity index is 873. The largest absolute Gasteiger partial charge is 0.485 e. The van der Waals surface area contributed by atoms with Crippen LogP contribution in [0.3, 0.4) is 0 Å². The van der Waals surface area contributed by atoms with Crippen LogP contribution in [0.15, 0.2) is 47.2 Å². The summed E-state index contributed by atoms with van der Waals surface area (Å²) in [5, 5.41) is 8.64. The highest BCUT2D eigenvalue weighted by Crippen LogP contribution is 2.25. The Balaban J connectivity index is 1.64. The summed E-state index contributed by atoms with van der Waals surface area (Å²) in [5.74, 6) is 0.902. The minimum Gasteiger partial charge on any atom is -0.485 e. The van der Waals surface area contributed by atoms with Gasteiger partial charge in [-0.15, -0.1) is 0 Å². The Labute approximate surface area is 151 Å². The lowest BCUT2D eigenvalue weighted by atomic mass is 10.1. The van der Waals surface area contributed by atoms with Crippen LogP contribution >= 0.6 is 0 Å². The molecular weight excluding hydrogens is 334 g/mol. The summed E-state index contributed by atoms with van der Waals surface area (Å²) in [6.45, 7) is 2.61. The third-order valence-electron chi connectivity index (χ3n) is 4.00. The van der Waals surface area contributed by atoms with Gasteiger partial charge >= 0.3 is 0 Å². The minimum absolute atomic E-state index is 0.0619. The molecule has 26 heavy (non-hydrogen) atoms. The SMILES string of the molecule is CC[C@H](COC)NC(=O)c1cc(COc2cccc3cnccc23)on1. The molecule has 7 nitrogen and oxygen atoms in total. The van der Waals surface area contributed by atoms with Crippen molar-refractivity contribution in [1.29, 1.82) is 0 Å². The molecule has 2 heterocycles. The predicted octanol–water partition coefficient (Wildman–Crippen LogP) is 2.96. The van der Waals surface area contributed by atoms with Crippen molar-refractivity contribution >= 4 is 16.7 Å². The molecule has 136 valence electrons. The number of carbonyl (C=O) groups excluding carboxylic acids is 1. The molecule has 1 atom stereocenters. The number of pyridine rings is 1. The van der Waals surface area contributed by atoms with Gasteiger partial charge in [-0.25, -0.2) is 0 Å². The number of nitrogens with zero attached hydrogens (tertiary/aromatic N) is 2. The first-order valence-electron chi connectivity index (χ1n) is 8.42. The fourth-order valence-corrected chi connectivity index (χ4v) is 2.58. The second-order valence-electron chi connectivity index (χ2n) is 5.85. The standard InChI is InChI=1S/C19H21N3O4/c1-3-14(11-24-2)21-19(23)17-9-15(26-22-17)12-25-18-6-4-5-13-10-20-8-7-16(13)18/h4-10,14H,3,11-12H2,1-2H3,(H,21,23)/t14-/m1/s1. The maximum absolute atomic E-state index is 12.2. The van der Waals surface area contributed by atoms with Crippen molar-refractivity contribution in [1.82, 2.24) is 15.5 Å². The maximum atomic E-state index is 12.2. The van der Waals surface area contributed by atoms with Gasteiger partial charge in [0.1, 0.15) is 12.4 Å². The molecule has 0 bridgehead atoms. The van der Waals surface area contributed by atoms with Gasteiger partial charge in [0.25, 0.3) is 5.91 Å². The van der Waals surface area contributed by atoms with Crippen LogP contribution in [0.1, 0.15) is 29.6 Å². The maximum Gasteiger partial charge on any atom is 0.273 e. The third kappa shape index (κ3) is 4.18. The predicted molar refractivity (Wildman–Crippen MR) is 96.0 cm³/mol. The van der Waals surface area contributed by atoms with Crippen LogP contribution in [0.5, 0.6) is 5.75 Å². The lowest BCUT2D eigenvalue weighted by Gasteiger charge is -2.14. The van der Waals surface area contributed by atoms with Crippen molar-refractivity contribution < 1.29 is 18.8 Å². The van der Waals surface area contributed by atoms with E-state index in [1.165, 1.54) is 0 Å². The van der Waals surface area contributed by atoms with E-state index in [2.05, 4.69) is 15.5 Å². The van der Waals surface area contributed by atoms with E-state index in [1.807, 2.05) is 31.2 Å². The number of fused-ring (bicyclic) bond motifs is 1. The number of carbonyl (C=O) groups is 1. The van der Waals surface area contributed by atoms with Crippen molar-refractivity contribution in [2.24, 2.45) is 0 Å². The van der Waals surface area contributed by atoms with Crippen molar-refractivity contribution in [2.75, 3.05) is 13.7 Å². The highest BCUT2D eigenvalue weighted by Gasteiger charge is 2.16. The number of methoxy groups -OCH3 is 1. The number of hydrogen-bond donors (Lipinski definition) is 1. The quantitative estimate of drug-likeness (QED) is 0.668. The highest BCUT2D eigenvalue weighted by molar-refractivity contribution is 5.92. The lowest BCUT2D eigenvalue weighted by Crippen LogP contribution is -2.37. The first kappa shape index (κ1) is 17.9. The van der Waals surface area contributed by atoms with E-state index in [0.29, 0.717) is 12.4 Å². The number of amides is 1. The molecule has 2 aromatic heterocycles. The minimum atomic E-state index is -0.292. The zero-order chi connectivity index (χ0) is 18.4. The molecule has 1 amide bonds. The van der Waals surface area contributed by atoms with Crippen LogP contribution < -0.4 is 10.1 Å². The molecule has 0 aliphatic carbocycles. The molecule has 7 heteroatoms. The molecule has 1 N–H and O–H groups in total. The third-order valence-corrected chi connectivity index (χ3v) is 4.00. The van der Waals surface area contributed by atoms with Gasteiger partial charge in [0.15, 0.2) is 11.5 Å². The van der Waals surface area contributed by atoms with Gasteiger partial charge in [-0.2, -0.15) is 0 Å². The molecule has 0 spiro atoms. The van der Waals surface area contributed by atoms with E-state index in [4.69, 9.17) is 14.0 Å². The Hall–Kier alpha value is -2.93. The van der Waals surface area contributed by atoms with Crippen molar-refractivity contribution in [3.63, 3.8) is 0 Å². The number of ether oxygens (including phenoxy) is 2. The van der Waals surface area contributed by atoms with Gasteiger partial charge in [0.05, 0.1) is 12.6 Å². The summed E-state index contributed by atoms with van der Waals surface area (Å²) < 4.78 is 16.1. The second kappa shape index (κ2) is 8.44. The van der Waals surface area contributed by atoms with E-state index >= 15 is 0 Å². The Kier molecular flexibility index (Phi) is 5.80. The smallest absolute Gasteiger partial charge is 0.273 e. The summed E-state index contributed by atoms with van der Waals surface area (Å²) in [5.41, 5.74) is 0.222. The summed E-state index contributed by atoms with van der Waals surface area (Å²) in [4.78, 5) is 16.3. The summed E-state index contributed by atoms with van der Waals surface area (Å²) in [6.07, 6.45) is 4.27. The molecule has 0 unspecified atom stereocenters. The number of benzene rings is 1. The molecule has 3 rings (SSSR count). The molecule has 0 aliphatic heterocycles. The zero-order valence-electron chi connectivity index (χ0n) is 14.8. The monoisotopic (exact) mass is 355 g/mol. The molecule has 0 aliphatic rings. The van der Waals surface area contributed by atoms with Crippen LogP contribution in [-0.2, 0) is 11.3 Å². The molecule has 0 radical (unpaired) electrons. The summed E-state index contributed by atoms with van der Waals surface area (Å²) in [7, 11) is 1.60. The fraction of sp³-hybridized carbons (Fsp3) is 0.316.